The maximum atomic E-state index is 14.3. The SMILES string of the molecule is N=C(N)c1cc(F)c(CNC(=O)c2ccc3c(c2)Cc2cc(CCC(F)(F)F)ccc2C3O)c(F)c1. The number of benzene rings is 3. The molecule has 0 heterocycles. The Bertz CT molecular complexity index is 1330. The molecule has 0 fully saturated rings. The molecule has 0 saturated carbocycles. The number of halogens is 5. The number of rotatable bonds is 6. The van der Waals surface area contributed by atoms with Crippen LogP contribution in [0.25, 0.3) is 0 Å². The molecule has 10 heteroatoms. The van der Waals surface area contributed by atoms with Crippen LogP contribution in [0.4, 0.5) is 22.0 Å². The van der Waals surface area contributed by atoms with E-state index < -0.39 is 48.6 Å². The van der Waals surface area contributed by atoms with Crippen molar-refractivity contribution in [3.63, 3.8) is 0 Å². The molecule has 36 heavy (non-hydrogen) atoms. The van der Waals surface area contributed by atoms with E-state index in [1.807, 2.05) is 0 Å². The monoisotopic (exact) mass is 503 g/mol. The molecule has 188 valence electrons. The van der Waals surface area contributed by atoms with E-state index >= 15 is 0 Å². The van der Waals surface area contributed by atoms with Crippen molar-refractivity contribution >= 4 is 11.7 Å². The number of fused-ring (bicyclic) bond motifs is 2. The second-order valence-electron chi connectivity index (χ2n) is 8.66. The lowest BCUT2D eigenvalue weighted by Gasteiger charge is -2.26. The van der Waals surface area contributed by atoms with E-state index in [2.05, 4.69) is 5.32 Å². The first-order valence-electron chi connectivity index (χ1n) is 11.0. The lowest BCUT2D eigenvalue weighted by molar-refractivity contribution is -0.134. The Balaban J connectivity index is 1.51. The number of nitrogens with one attached hydrogen (secondary N) is 2. The molecule has 0 aromatic heterocycles. The fraction of sp³-hybridized carbons (Fsp3) is 0.231. The van der Waals surface area contributed by atoms with Crippen molar-refractivity contribution in [1.29, 1.82) is 5.41 Å². The number of amidine groups is 1. The smallest absolute Gasteiger partial charge is 0.384 e. The minimum absolute atomic E-state index is 0.116. The Morgan fingerprint density at radius 3 is 2.22 bits per heavy atom. The number of carbonyl (C=O) groups excluding carboxylic acids is 1. The van der Waals surface area contributed by atoms with Crippen LogP contribution in [-0.4, -0.2) is 23.0 Å². The maximum Gasteiger partial charge on any atom is 0.389 e. The van der Waals surface area contributed by atoms with Crippen molar-refractivity contribution in [3.05, 3.63) is 105 Å². The molecule has 4 rings (SSSR count). The maximum absolute atomic E-state index is 14.3. The molecule has 5 N–H and O–H groups in total. The Morgan fingerprint density at radius 2 is 1.61 bits per heavy atom. The summed E-state index contributed by atoms with van der Waals surface area (Å²) in [6.45, 7) is -0.445. The number of carbonyl (C=O) groups is 1. The van der Waals surface area contributed by atoms with E-state index in [1.54, 1.807) is 30.3 Å². The van der Waals surface area contributed by atoms with Gasteiger partial charge in [0.2, 0.25) is 0 Å². The molecular weight excluding hydrogens is 481 g/mol. The largest absolute Gasteiger partial charge is 0.389 e. The quantitative estimate of drug-likeness (QED) is 0.224. The fourth-order valence-corrected chi connectivity index (χ4v) is 4.26. The number of nitrogen functional groups attached to an aromatic ring is 1. The summed E-state index contributed by atoms with van der Waals surface area (Å²) in [4.78, 5) is 12.7. The van der Waals surface area contributed by atoms with Crippen molar-refractivity contribution < 1.29 is 31.9 Å². The highest BCUT2D eigenvalue weighted by Crippen LogP contribution is 2.36. The number of nitrogens with two attached hydrogens (primary N) is 1. The van der Waals surface area contributed by atoms with E-state index in [4.69, 9.17) is 11.1 Å². The fourth-order valence-electron chi connectivity index (χ4n) is 4.26. The lowest BCUT2D eigenvalue weighted by atomic mass is 9.82. The van der Waals surface area contributed by atoms with Crippen LogP contribution in [0, 0.1) is 17.0 Å². The molecular formula is C26H22F5N3O2. The third-order valence-corrected chi connectivity index (χ3v) is 6.16. The highest BCUT2D eigenvalue weighted by Gasteiger charge is 2.28. The average molecular weight is 503 g/mol. The van der Waals surface area contributed by atoms with Gasteiger partial charge in [-0.1, -0.05) is 24.3 Å². The highest BCUT2D eigenvalue weighted by atomic mass is 19.4. The van der Waals surface area contributed by atoms with Crippen LogP contribution in [0.2, 0.25) is 0 Å². The van der Waals surface area contributed by atoms with Crippen LogP contribution < -0.4 is 11.1 Å². The zero-order chi connectivity index (χ0) is 26.2. The van der Waals surface area contributed by atoms with Gasteiger partial charge >= 0.3 is 6.18 Å². The van der Waals surface area contributed by atoms with Gasteiger partial charge in [-0.25, -0.2) is 8.78 Å². The van der Waals surface area contributed by atoms with E-state index in [0.29, 0.717) is 34.2 Å². The van der Waals surface area contributed by atoms with Crippen LogP contribution in [0.3, 0.4) is 0 Å². The Hall–Kier alpha value is -3.79. The van der Waals surface area contributed by atoms with Crippen LogP contribution in [0.15, 0.2) is 48.5 Å². The van der Waals surface area contributed by atoms with Crippen molar-refractivity contribution in [3.8, 4) is 0 Å². The first kappa shape index (κ1) is 25.3. The Morgan fingerprint density at radius 1 is 1.00 bits per heavy atom. The number of alkyl halides is 3. The van der Waals surface area contributed by atoms with Gasteiger partial charge in [0.05, 0.1) is 0 Å². The van der Waals surface area contributed by atoms with E-state index in [-0.39, 0.29) is 23.1 Å². The molecule has 0 bridgehead atoms. The van der Waals surface area contributed by atoms with E-state index in [1.165, 1.54) is 6.07 Å². The number of aliphatic hydroxyl groups is 1. The summed E-state index contributed by atoms with van der Waals surface area (Å²) in [5, 5.41) is 20.5. The Kier molecular flexibility index (Phi) is 6.81. The predicted octanol–water partition coefficient (Wildman–Crippen LogP) is 4.66. The molecule has 0 radical (unpaired) electrons. The van der Waals surface area contributed by atoms with Crippen molar-refractivity contribution in [2.45, 2.75) is 38.1 Å². The lowest BCUT2D eigenvalue weighted by Crippen LogP contribution is -2.25. The second kappa shape index (κ2) is 9.69. The minimum Gasteiger partial charge on any atom is -0.384 e. The number of hydrogen-bond acceptors (Lipinski definition) is 3. The van der Waals surface area contributed by atoms with Crippen LogP contribution >= 0.6 is 0 Å². The van der Waals surface area contributed by atoms with Crippen molar-refractivity contribution in [2.24, 2.45) is 5.73 Å². The number of hydrogen-bond donors (Lipinski definition) is 4. The molecule has 1 amide bonds. The first-order valence-corrected chi connectivity index (χ1v) is 11.0. The topological polar surface area (TPSA) is 99.2 Å². The number of aliphatic hydroxyl groups excluding tert-OH is 1. The standard InChI is InChI=1S/C26H22F5N3O2/c27-21-10-17(24(32)33)11-22(28)20(21)12-34-25(36)14-2-4-19-16(8-14)9-15-7-13(5-6-26(29,30)31)1-3-18(15)23(19)35/h1-4,7-8,10-11,23,35H,5-6,9,12H2,(H3,32,33)(H,34,36). The van der Waals surface area contributed by atoms with Gasteiger partial charge in [-0.3, -0.25) is 10.2 Å². The molecule has 1 aliphatic rings. The molecule has 3 aromatic carbocycles. The van der Waals surface area contributed by atoms with Gasteiger partial charge in [0.25, 0.3) is 5.91 Å². The summed E-state index contributed by atoms with van der Waals surface area (Å²) >= 11 is 0. The summed E-state index contributed by atoms with van der Waals surface area (Å²) in [6.07, 6.45) is -6.10. The highest BCUT2D eigenvalue weighted by molar-refractivity contribution is 5.95. The number of amides is 1. The minimum atomic E-state index is -4.27. The molecule has 0 spiro atoms. The van der Waals surface area contributed by atoms with Crippen molar-refractivity contribution in [2.75, 3.05) is 0 Å². The van der Waals surface area contributed by atoms with Gasteiger partial charge in [0, 0.05) is 29.7 Å². The van der Waals surface area contributed by atoms with Gasteiger partial charge in [-0.05, 0) is 64.9 Å². The summed E-state index contributed by atoms with van der Waals surface area (Å²) in [6, 6.07) is 11.3. The first-order chi connectivity index (χ1) is 16.9. The van der Waals surface area contributed by atoms with Gasteiger partial charge in [-0.15, -0.1) is 0 Å². The molecule has 1 unspecified atom stereocenters. The van der Waals surface area contributed by atoms with Crippen LogP contribution in [-0.2, 0) is 19.4 Å². The van der Waals surface area contributed by atoms with Crippen LogP contribution in [0.1, 0.15) is 61.8 Å². The molecule has 1 atom stereocenters. The zero-order valence-corrected chi connectivity index (χ0v) is 18.8. The molecule has 0 saturated heterocycles. The van der Waals surface area contributed by atoms with Gasteiger partial charge in [-0.2, -0.15) is 13.2 Å². The summed E-state index contributed by atoms with van der Waals surface area (Å²) in [5.41, 5.74) is 7.89. The zero-order valence-electron chi connectivity index (χ0n) is 18.8. The second-order valence-corrected chi connectivity index (χ2v) is 8.66. The third-order valence-electron chi connectivity index (χ3n) is 6.16. The number of aryl methyl sites for hydroxylation is 1. The van der Waals surface area contributed by atoms with Gasteiger partial charge in [0.1, 0.15) is 23.6 Å². The third kappa shape index (κ3) is 5.38. The van der Waals surface area contributed by atoms with Gasteiger partial charge < -0.3 is 16.2 Å². The van der Waals surface area contributed by atoms with E-state index in [0.717, 1.165) is 12.1 Å². The van der Waals surface area contributed by atoms with Gasteiger partial charge in [0.15, 0.2) is 0 Å². The molecule has 5 nitrogen and oxygen atoms in total. The summed E-state index contributed by atoms with van der Waals surface area (Å²) in [7, 11) is 0. The molecule has 1 aliphatic carbocycles. The average Bonchev–Trinajstić information content (AvgIpc) is 2.81. The summed E-state index contributed by atoms with van der Waals surface area (Å²) < 4.78 is 66.3. The molecule has 0 aliphatic heterocycles. The normalized spacial score (nSPS) is 14.7. The van der Waals surface area contributed by atoms with Crippen LogP contribution in [0.5, 0.6) is 0 Å². The molecule has 3 aromatic rings. The predicted molar refractivity (Wildman–Crippen MR) is 123 cm³/mol. The van der Waals surface area contributed by atoms with Crippen molar-refractivity contribution in [1.82, 2.24) is 5.32 Å². The Labute approximate surface area is 203 Å². The summed E-state index contributed by atoms with van der Waals surface area (Å²) in [5.74, 6) is -3.00. The van der Waals surface area contributed by atoms with E-state index in [9.17, 15) is 31.9 Å².